The first-order chi connectivity index (χ1) is 21.4. The van der Waals surface area contributed by atoms with Crippen molar-refractivity contribution >= 4 is 22.8 Å². The van der Waals surface area contributed by atoms with Crippen molar-refractivity contribution in [3.63, 3.8) is 0 Å². The van der Waals surface area contributed by atoms with Gasteiger partial charge >= 0.3 is 5.97 Å². The van der Waals surface area contributed by atoms with E-state index in [1.54, 1.807) is 18.2 Å². The molecule has 4 heterocycles. The van der Waals surface area contributed by atoms with Crippen LogP contribution in [0.15, 0.2) is 40.9 Å². The van der Waals surface area contributed by atoms with E-state index in [1.807, 2.05) is 36.7 Å². The Bertz CT molecular complexity index is 1530. The van der Waals surface area contributed by atoms with Gasteiger partial charge in [-0.05, 0) is 61.5 Å². The number of fused-ring (bicyclic) bond motifs is 1. The van der Waals surface area contributed by atoms with Crippen LogP contribution in [0.3, 0.4) is 0 Å². The Morgan fingerprint density at radius 3 is 2.59 bits per heavy atom. The van der Waals surface area contributed by atoms with Crippen LogP contribution in [0.4, 0.5) is 5.82 Å². The fourth-order valence-electron chi connectivity index (χ4n) is 5.92. The maximum absolute atomic E-state index is 12.1. The molecular formula is C32H43N7O5. The molecule has 1 fully saturated rings. The third kappa shape index (κ3) is 7.29. The molecule has 1 unspecified atom stereocenters. The van der Waals surface area contributed by atoms with Crippen LogP contribution >= 0.6 is 0 Å². The summed E-state index contributed by atoms with van der Waals surface area (Å²) in [6.45, 7) is 7.56. The molecular weight excluding hydrogens is 562 g/mol. The molecule has 12 nitrogen and oxygen atoms in total. The number of aromatic nitrogens is 5. The minimum Gasteiger partial charge on any atom is -0.507 e. The standard InChI is InChI=1S/C32H43N7O5/c1-21(2)29(32(41)42-3)27-20-28(37-44-27)43-18-10-6-4-5-9-15-38-16-13-22(14-17-38)39-25-19-24(23-11-7-8-12-26(23)40)34-35-30(25)31(33)36-39/h7-8,11-12,19-22,29,40H,4-6,9-10,13-18H2,1-3H3,(H2,33,36). The summed E-state index contributed by atoms with van der Waals surface area (Å²) in [5, 5.41) is 27.5. The van der Waals surface area contributed by atoms with E-state index in [0.717, 1.165) is 57.3 Å². The number of anilines is 1. The summed E-state index contributed by atoms with van der Waals surface area (Å²) in [4.78, 5) is 14.6. The Morgan fingerprint density at radius 2 is 1.84 bits per heavy atom. The summed E-state index contributed by atoms with van der Waals surface area (Å²) in [5.74, 6) is 0.645. The van der Waals surface area contributed by atoms with Crippen LogP contribution < -0.4 is 10.5 Å². The van der Waals surface area contributed by atoms with Crippen LogP contribution in [-0.4, -0.2) is 74.5 Å². The molecule has 0 bridgehead atoms. The number of nitrogens with two attached hydrogens (primary N) is 1. The molecule has 44 heavy (non-hydrogen) atoms. The van der Waals surface area contributed by atoms with E-state index in [0.29, 0.717) is 40.8 Å². The van der Waals surface area contributed by atoms with Gasteiger partial charge in [0.15, 0.2) is 17.1 Å². The van der Waals surface area contributed by atoms with Crippen LogP contribution in [0.1, 0.15) is 76.5 Å². The molecule has 5 rings (SSSR count). The molecule has 3 aromatic heterocycles. The largest absolute Gasteiger partial charge is 0.507 e. The fourth-order valence-corrected chi connectivity index (χ4v) is 5.92. The lowest BCUT2D eigenvalue weighted by atomic mass is 9.93. The van der Waals surface area contributed by atoms with Gasteiger partial charge in [-0.2, -0.15) is 5.10 Å². The van der Waals surface area contributed by atoms with Crippen LogP contribution in [0, 0.1) is 5.92 Å². The number of likely N-dealkylation sites (tertiary alicyclic amines) is 1. The number of carbonyl (C=O) groups is 1. The van der Waals surface area contributed by atoms with Gasteiger partial charge in [0.2, 0.25) is 0 Å². The first kappa shape index (κ1) is 31.2. The number of phenols is 1. The highest BCUT2D eigenvalue weighted by Gasteiger charge is 2.29. The van der Waals surface area contributed by atoms with Crippen molar-refractivity contribution in [3.8, 4) is 22.9 Å². The number of methoxy groups -OCH3 is 1. The van der Waals surface area contributed by atoms with Crippen molar-refractivity contribution in [2.75, 3.05) is 39.1 Å². The molecule has 1 saturated heterocycles. The molecule has 1 aromatic carbocycles. The highest BCUT2D eigenvalue weighted by Crippen LogP contribution is 2.33. The number of nitrogens with zero attached hydrogens (tertiary/aromatic N) is 6. The molecule has 0 spiro atoms. The lowest BCUT2D eigenvalue weighted by molar-refractivity contribution is -0.144. The Hall–Kier alpha value is -4.19. The van der Waals surface area contributed by atoms with Crippen molar-refractivity contribution in [2.24, 2.45) is 5.92 Å². The topological polar surface area (TPSA) is 155 Å². The SMILES string of the molecule is COC(=O)C(c1cc(OCCCCCCCN2CCC(n3nc(N)c4nnc(-c5ccccc5O)cc43)CC2)no1)C(C)C. The number of ether oxygens (including phenoxy) is 2. The van der Waals surface area contributed by atoms with Crippen molar-refractivity contribution in [2.45, 2.75) is 70.8 Å². The number of para-hydroxylation sites is 1. The van der Waals surface area contributed by atoms with E-state index in [1.165, 1.54) is 20.0 Å². The number of carbonyl (C=O) groups excluding carboxylic acids is 1. The summed E-state index contributed by atoms with van der Waals surface area (Å²) < 4.78 is 18.0. The zero-order valence-corrected chi connectivity index (χ0v) is 25.8. The van der Waals surface area contributed by atoms with Gasteiger partial charge in [0.25, 0.3) is 5.88 Å². The van der Waals surface area contributed by atoms with Gasteiger partial charge in [0, 0.05) is 24.7 Å². The van der Waals surface area contributed by atoms with Crippen molar-refractivity contribution in [1.29, 1.82) is 0 Å². The summed E-state index contributed by atoms with van der Waals surface area (Å²) in [7, 11) is 1.38. The molecule has 1 aliphatic heterocycles. The number of hydrogen-bond acceptors (Lipinski definition) is 11. The molecule has 1 atom stereocenters. The molecule has 1 aliphatic rings. The number of unbranched alkanes of at least 4 members (excludes halogenated alkanes) is 4. The van der Waals surface area contributed by atoms with Gasteiger partial charge in [0.05, 0.1) is 31.0 Å². The Kier molecular flexibility index (Phi) is 10.3. The molecule has 236 valence electrons. The summed E-state index contributed by atoms with van der Waals surface area (Å²) in [5.41, 5.74) is 8.88. The average Bonchev–Trinajstić information content (AvgIpc) is 3.62. The molecule has 0 saturated carbocycles. The molecule has 0 aliphatic carbocycles. The Balaban J connectivity index is 1.01. The number of nitrogen functional groups attached to an aromatic ring is 1. The van der Waals surface area contributed by atoms with Crippen LogP contribution in [0.2, 0.25) is 0 Å². The highest BCUT2D eigenvalue weighted by molar-refractivity contribution is 5.87. The van der Waals surface area contributed by atoms with E-state index < -0.39 is 5.92 Å². The first-order valence-electron chi connectivity index (χ1n) is 15.5. The smallest absolute Gasteiger partial charge is 0.316 e. The number of piperidine rings is 1. The van der Waals surface area contributed by atoms with E-state index in [2.05, 4.69) is 25.4 Å². The molecule has 4 aromatic rings. The quantitative estimate of drug-likeness (QED) is 0.141. The fraction of sp³-hybridized carbons (Fsp3) is 0.531. The van der Waals surface area contributed by atoms with E-state index in [9.17, 15) is 9.90 Å². The summed E-state index contributed by atoms with van der Waals surface area (Å²) in [6, 6.07) is 11.0. The van der Waals surface area contributed by atoms with Crippen LogP contribution in [0.25, 0.3) is 22.3 Å². The highest BCUT2D eigenvalue weighted by atomic mass is 16.5. The maximum atomic E-state index is 12.1. The first-order valence-corrected chi connectivity index (χ1v) is 15.5. The molecule has 0 radical (unpaired) electrons. The predicted octanol–water partition coefficient (Wildman–Crippen LogP) is 5.35. The van der Waals surface area contributed by atoms with Crippen LogP contribution in [0.5, 0.6) is 11.6 Å². The Labute approximate surface area is 257 Å². The van der Waals surface area contributed by atoms with Crippen molar-refractivity contribution in [3.05, 3.63) is 42.2 Å². The number of esters is 1. The van der Waals surface area contributed by atoms with Gasteiger partial charge < -0.3 is 29.7 Å². The molecule has 3 N–H and O–H groups in total. The zero-order chi connectivity index (χ0) is 31.1. The number of hydrogen-bond donors (Lipinski definition) is 2. The van der Waals surface area contributed by atoms with Gasteiger partial charge in [-0.3, -0.25) is 9.48 Å². The maximum Gasteiger partial charge on any atom is 0.316 e. The Morgan fingerprint density at radius 1 is 1.09 bits per heavy atom. The second kappa shape index (κ2) is 14.5. The monoisotopic (exact) mass is 605 g/mol. The van der Waals surface area contributed by atoms with Gasteiger partial charge in [-0.25, -0.2) is 0 Å². The minimum atomic E-state index is -0.487. The predicted molar refractivity (Wildman–Crippen MR) is 166 cm³/mol. The lowest BCUT2D eigenvalue weighted by Crippen LogP contribution is -2.35. The lowest BCUT2D eigenvalue weighted by Gasteiger charge is -2.32. The number of rotatable bonds is 14. The third-order valence-corrected chi connectivity index (χ3v) is 8.37. The van der Waals surface area contributed by atoms with Gasteiger partial charge in [-0.1, -0.05) is 45.2 Å². The van der Waals surface area contributed by atoms with E-state index in [-0.39, 0.29) is 23.7 Å². The molecule has 0 amide bonds. The number of benzene rings is 1. The van der Waals surface area contributed by atoms with Gasteiger partial charge in [-0.15, -0.1) is 10.2 Å². The summed E-state index contributed by atoms with van der Waals surface area (Å²) in [6.07, 6.45) is 7.50. The van der Waals surface area contributed by atoms with Gasteiger partial charge in [0.1, 0.15) is 11.7 Å². The average molecular weight is 606 g/mol. The minimum absolute atomic E-state index is 0.0340. The van der Waals surface area contributed by atoms with Crippen molar-refractivity contribution in [1.82, 2.24) is 30.0 Å². The number of phenolic OH excluding ortho intramolecular Hbond substituents is 1. The van der Waals surface area contributed by atoms with E-state index >= 15 is 0 Å². The number of aromatic hydroxyl groups is 1. The van der Waals surface area contributed by atoms with Crippen LogP contribution in [-0.2, 0) is 9.53 Å². The van der Waals surface area contributed by atoms with Crippen molar-refractivity contribution < 1.29 is 23.9 Å². The second-order valence-electron chi connectivity index (χ2n) is 11.8. The normalized spacial score (nSPS) is 15.2. The molecule has 12 heteroatoms. The van der Waals surface area contributed by atoms with E-state index in [4.69, 9.17) is 19.7 Å². The zero-order valence-electron chi connectivity index (χ0n) is 25.8. The second-order valence-corrected chi connectivity index (χ2v) is 11.8. The summed E-state index contributed by atoms with van der Waals surface area (Å²) >= 11 is 0. The third-order valence-electron chi connectivity index (χ3n) is 8.37.